The molecule has 0 aromatic heterocycles. The number of rotatable bonds is 2. The fraction of sp³-hybridized carbons (Fsp3) is 0. The summed E-state index contributed by atoms with van der Waals surface area (Å²) in [5.74, 6) is -1.69. The highest BCUT2D eigenvalue weighted by molar-refractivity contribution is 7.85. The van der Waals surface area contributed by atoms with E-state index in [9.17, 15) is 12.8 Å². The highest BCUT2D eigenvalue weighted by Crippen LogP contribution is 2.22. The van der Waals surface area contributed by atoms with Crippen molar-refractivity contribution >= 4 is 27.7 Å². The largest absolute Gasteiger partial charge is 0.370 e. The number of nitrogens with two attached hydrogens (primary N) is 3. The Labute approximate surface area is 102 Å². The van der Waals surface area contributed by atoms with Crippen LogP contribution in [0.25, 0.3) is 0 Å². The van der Waals surface area contributed by atoms with Crippen LogP contribution in [-0.2, 0) is 10.1 Å². The summed E-state index contributed by atoms with van der Waals surface area (Å²) in [6.45, 7) is 0. The second-order valence-corrected chi connectivity index (χ2v) is 4.52. The summed E-state index contributed by atoms with van der Waals surface area (Å²) in [5, 5.41) is 0. The van der Waals surface area contributed by atoms with Crippen molar-refractivity contribution < 1.29 is 17.4 Å². The van der Waals surface area contributed by atoms with Gasteiger partial charge in [0.25, 0.3) is 10.1 Å². The number of hydrogen-bond donors (Lipinski definition) is 4. The average Bonchev–Trinajstić information content (AvgIpc) is 2.18. The van der Waals surface area contributed by atoms with Crippen LogP contribution in [0, 0.1) is 5.82 Å². The molecule has 0 saturated heterocycles. The third-order valence-electron chi connectivity index (χ3n) is 1.69. The zero-order valence-electron chi connectivity index (χ0n) is 8.91. The van der Waals surface area contributed by atoms with Gasteiger partial charge in [0.15, 0.2) is 5.96 Å². The Morgan fingerprint density at radius 2 is 1.89 bits per heavy atom. The number of nitrogens with zero attached hydrogens (tertiary/aromatic N) is 2. The van der Waals surface area contributed by atoms with E-state index in [2.05, 4.69) is 9.98 Å². The molecular formula is C8H10FN5O3S. The van der Waals surface area contributed by atoms with Gasteiger partial charge in [0.2, 0.25) is 5.96 Å². The molecule has 1 aromatic rings. The van der Waals surface area contributed by atoms with E-state index in [4.69, 9.17) is 21.8 Å². The fourth-order valence-electron chi connectivity index (χ4n) is 1.02. The SMILES string of the molecule is NC(N)=NC(N)=Nc1cc(S(=O)(=O)O)ccc1F. The van der Waals surface area contributed by atoms with Crippen LogP contribution in [-0.4, -0.2) is 24.9 Å². The topological polar surface area (TPSA) is 157 Å². The summed E-state index contributed by atoms with van der Waals surface area (Å²) in [7, 11) is -4.46. The third kappa shape index (κ3) is 3.68. The minimum absolute atomic E-state index is 0.386. The molecule has 0 unspecified atom stereocenters. The number of benzene rings is 1. The van der Waals surface area contributed by atoms with Crippen LogP contribution < -0.4 is 17.2 Å². The molecule has 1 rings (SSSR count). The van der Waals surface area contributed by atoms with Crippen molar-refractivity contribution in [2.75, 3.05) is 0 Å². The van der Waals surface area contributed by atoms with Crippen LogP contribution in [0.2, 0.25) is 0 Å². The lowest BCUT2D eigenvalue weighted by atomic mass is 10.3. The lowest BCUT2D eigenvalue weighted by Gasteiger charge is -2.01. The molecule has 0 spiro atoms. The van der Waals surface area contributed by atoms with E-state index in [0.29, 0.717) is 0 Å². The molecule has 0 atom stereocenters. The van der Waals surface area contributed by atoms with Crippen molar-refractivity contribution in [1.29, 1.82) is 0 Å². The molecule has 18 heavy (non-hydrogen) atoms. The Hall–Kier alpha value is -2.20. The van der Waals surface area contributed by atoms with Crippen molar-refractivity contribution in [1.82, 2.24) is 0 Å². The van der Waals surface area contributed by atoms with Gasteiger partial charge in [-0.3, -0.25) is 4.55 Å². The molecule has 98 valence electrons. The van der Waals surface area contributed by atoms with E-state index in [1.54, 1.807) is 0 Å². The van der Waals surface area contributed by atoms with Gasteiger partial charge < -0.3 is 17.2 Å². The minimum Gasteiger partial charge on any atom is -0.370 e. The average molecular weight is 275 g/mol. The van der Waals surface area contributed by atoms with E-state index in [-0.39, 0.29) is 5.96 Å². The smallest absolute Gasteiger partial charge is 0.294 e. The molecule has 0 aliphatic heterocycles. The summed E-state index contributed by atoms with van der Waals surface area (Å²) in [6, 6.07) is 2.48. The lowest BCUT2D eigenvalue weighted by Crippen LogP contribution is -2.26. The predicted octanol–water partition coefficient (Wildman–Crippen LogP) is -0.708. The Kier molecular flexibility index (Phi) is 3.83. The van der Waals surface area contributed by atoms with E-state index >= 15 is 0 Å². The Balaban J connectivity index is 3.30. The molecule has 0 aliphatic carbocycles. The second kappa shape index (κ2) is 4.98. The van der Waals surface area contributed by atoms with Gasteiger partial charge in [-0.15, -0.1) is 0 Å². The third-order valence-corrected chi connectivity index (χ3v) is 2.54. The van der Waals surface area contributed by atoms with Gasteiger partial charge in [0.05, 0.1) is 4.90 Å². The summed E-state index contributed by atoms with van der Waals surface area (Å²) in [6.07, 6.45) is 0. The van der Waals surface area contributed by atoms with Crippen molar-refractivity contribution in [2.45, 2.75) is 4.90 Å². The summed E-state index contributed by atoms with van der Waals surface area (Å²) < 4.78 is 43.8. The van der Waals surface area contributed by atoms with Crippen LogP contribution in [0.15, 0.2) is 33.1 Å². The van der Waals surface area contributed by atoms with Crippen LogP contribution >= 0.6 is 0 Å². The van der Waals surface area contributed by atoms with Crippen molar-refractivity contribution in [3.63, 3.8) is 0 Å². The monoisotopic (exact) mass is 275 g/mol. The second-order valence-electron chi connectivity index (χ2n) is 3.09. The van der Waals surface area contributed by atoms with Gasteiger partial charge >= 0.3 is 0 Å². The zero-order valence-corrected chi connectivity index (χ0v) is 9.72. The van der Waals surface area contributed by atoms with E-state index < -0.39 is 32.5 Å². The molecule has 0 amide bonds. The normalized spacial score (nSPS) is 12.2. The highest BCUT2D eigenvalue weighted by atomic mass is 32.2. The van der Waals surface area contributed by atoms with Crippen molar-refractivity contribution in [3.8, 4) is 0 Å². The summed E-state index contributed by atoms with van der Waals surface area (Å²) in [5.41, 5.74) is 14.9. The van der Waals surface area contributed by atoms with Gasteiger partial charge in [-0.1, -0.05) is 0 Å². The molecule has 8 nitrogen and oxygen atoms in total. The van der Waals surface area contributed by atoms with Gasteiger partial charge in [-0.2, -0.15) is 13.4 Å². The summed E-state index contributed by atoms with van der Waals surface area (Å²) in [4.78, 5) is 6.27. The molecule has 7 N–H and O–H groups in total. The van der Waals surface area contributed by atoms with E-state index in [0.717, 1.165) is 18.2 Å². The number of halogens is 1. The molecule has 1 aromatic carbocycles. The van der Waals surface area contributed by atoms with Crippen molar-refractivity contribution in [3.05, 3.63) is 24.0 Å². The number of hydrogen-bond acceptors (Lipinski definition) is 3. The van der Waals surface area contributed by atoms with Gasteiger partial charge in [-0.25, -0.2) is 9.38 Å². The first kappa shape index (κ1) is 13.9. The fourth-order valence-corrected chi connectivity index (χ4v) is 1.52. The molecule has 0 bridgehead atoms. The molecule has 0 heterocycles. The molecule has 0 saturated carbocycles. The first-order valence-electron chi connectivity index (χ1n) is 4.41. The van der Waals surface area contributed by atoms with Crippen LogP contribution in [0.5, 0.6) is 0 Å². The zero-order chi connectivity index (χ0) is 13.9. The maximum atomic E-state index is 13.3. The van der Waals surface area contributed by atoms with Crippen LogP contribution in [0.1, 0.15) is 0 Å². The van der Waals surface area contributed by atoms with Gasteiger partial charge in [0, 0.05) is 0 Å². The molecule has 0 radical (unpaired) electrons. The summed E-state index contributed by atoms with van der Waals surface area (Å²) >= 11 is 0. The molecule has 0 aliphatic rings. The highest BCUT2D eigenvalue weighted by Gasteiger charge is 2.12. The first-order chi connectivity index (χ1) is 8.20. The van der Waals surface area contributed by atoms with Crippen LogP contribution in [0.4, 0.5) is 10.1 Å². The minimum atomic E-state index is -4.46. The van der Waals surface area contributed by atoms with E-state index in [1.165, 1.54) is 0 Å². The van der Waals surface area contributed by atoms with Crippen LogP contribution in [0.3, 0.4) is 0 Å². The predicted molar refractivity (Wildman–Crippen MR) is 63.3 cm³/mol. The lowest BCUT2D eigenvalue weighted by molar-refractivity contribution is 0.483. The Bertz CT molecular complexity index is 622. The maximum absolute atomic E-state index is 13.3. The molecule has 10 heteroatoms. The maximum Gasteiger partial charge on any atom is 0.294 e. The molecular weight excluding hydrogens is 265 g/mol. The number of aliphatic imine (C=N–C) groups is 2. The quantitative estimate of drug-likeness (QED) is 0.317. The standard InChI is InChI=1S/C8H10FN5O3S/c9-5-2-1-4(18(15,16)17)3-6(5)13-8(12)14-7(10)11/h1-3H,(H,15,16,17)(H6,10,11,12,13,14). The molecule has 0 fully saturated rings. The Morgan fingerprint density at radius 1 is 1.28 bits per heavy atom. The van der Waals surface area contributed by atoms with Gasteiger partial charge in [0.1, 0.15) is 11.5 Å². The van der Waals surface area contributed by atoms with Crippen molar-refractivity contribution in [2.24, 2.45) is 27.2 Å². The first-order valence-corrected chi connectivity index (χ1v) is 5.85. The van der Waals surface area contributed by atoms with E-state index in [1.807, 2.05) is 0 Å². The Morgan fingerprint density at radius 3 is 2.39 bits per heavy atom. The number of guanidine groups is 2. The van der Waals surface area contributed by atoms with Gasteiger partial charge in [-0.05, 0) is 18.2 Å².